The fourth-order valence-electron chi connectivity index (χ4n) is 3.40. The van der Waals surface area contributed by atoms with Crippen LogP contribution in [0.1, 0.15) is 91.4 Å². The van der Waals surface area contributed by atoms with Crippen LogP contribution in [0.4, 0.5) is 0 Å². The number of aliphatic hydroxyl groups is 1. The minimum atomic E-state index is -0.283. The van der Waals surface area contributed by atoms with E-state index in [1.807, 2.05) is 0 Å². The molecule has 0 saturated heterocycles. The molecular formula is C18H36O2. The SMILES string of the molecule is CCCCCCCCC(O)C1(OC)CCC(C)(C)CC1. The Balaban J connectivity index is 2.30. The quantitative estimate of drug-likeness (QED) is 0.598. The molecule has 1 N–H and O–H groups in total. The van der Waals surface area contributed by atoms with E-state index < -0.39 is 0 Å². The van der Waals surface area contributed by atoms with E-state index in [4.69, 9.17) is 4.74 Å². The Morgan fingerprint density at radius 1 is 0.950 bits per heavy atom. The third-order valence-corrected chi connectivity index (χ3v) is 5.29. The third kappa shape index (κ3) is 5.37. The molecule has 0 heterocycles. The van der Waals surface area contributed by atoms with Gasteiger partial charge in [0.15, 0.2) is 0 Å². The molecule has 0 aliphatic heterocycles. The molecule has 0 amide bonds. The van der Waals surface area contributed by atoms with E-state index in [0.717, 1.165) is 38.5 Å². The molecule has 0 bridgehead atoms. The van der Waals surface area contributed by atoms with E-state index in [0.29, 0.717) is 5.41 Å². The van der Waals surface area contributed by atoms with Crippen LogP contribution in [0.5, 0.6) is 0 Å². The molecule has 1 rings (SSSR count). The molecule has 0 radical (unpaired) electrons. The predicted molar refractivity (Wildman–Crippen MR) is 86.0 cm³/mol. The summed E-state index contributed by atoms with van der Waals surface area (Å²) in [6, 6.07) is 0. The second kappa shape index (κ2) is 8.38. The lowest BCUT2D eigenvalue weighted by molar-refractivity contribution is -0.138. The summed E-state index contributed by atoms with van der Waals surface area (Å²) in [6.45, 7) is 6.90. The van der Waals surface area contributed by atoms with Gasteiger partial charge in [0.25, 0.3) is 0 Å². The molecule has 1 saturated carbocycles. The highest BCUT2D eigenvalue weighted by molar-refractivity contribution is 4.95. The van der Waals surface area contributed by atoms with Crippen LogP contribution in [0.25, 0.3) is 0 Å². The zero-order valence-corrected chi connectivity index (χ0v) is 14.2. The second-order valence-corrected chi connectivity index (χ2v) is 7.51. The van der Waals surface area contributed by atoms with Crippen LogP contribution in [0.15, 0.2) is 0 Å². The van der Waals surface area contributed by atoms with Crippen molar-refractivity contribution >= 4 is 0 Å². The molecule has 1 fully saturated rings. The van der Waals surface area contributed by atoms with Crippen LogP contribution in [0, 0.1) is 5.41 Å². The normalized spacial score (nSPS) is 22.6. The van der Waals surface area contributed by atoms with Gasteiger partial charge in [-0.2, -0.15) is 0 Å². The molecule has 2 nitrogen and oxygen atoms in total. The van der Waals surface area contributed by atoms with Gasteiger partial charge in [0.1, 0.15) is 0 Å². The molecular weight excluding hydrogens is 248 g/mol. The lowest BCUT2D eigenvalue weighted by atomic mass is 9.68. The van der Waals surface area contributed by atoms with Crippen molar-refractivity contribution in [2.75, 3.05) is 7.11 Å². The molecule has 120 valence electrons. The van der Waals surface area contributed by atoms with Crippen molar-refractivity contribution in [1.29, 1.82) is 0 Å². The van der Waals surface area contributed by atoms with Gasteiger partial charge >= 0.3 is 0 Å². The van der Waals surface area contributed by atoms with Gasteiger partial charge in [-0.1, -0.05) is 59.3 Å². The summed E-state index contributed by atoms with van der Waals surface area (Å²) in [7, 11) is 1.78. The lowest BCUT2D eigenvalue weighted by Gasteiger charge is -2.45. The van der Waals surface area contributed by atoms with E-state index in [1.165, 1.54) is 32.1 Å². The zero-order valence-electron chi connectivity index (χ0n) is 14.2. The highest BCUT2D eigenvalue weighted by Crippen LogP contribution is 2.44. The van der Waals surface area contributed by atoms with Crippen LogP contribution in [-0.2, 0) is 4.74 Å². The van der Waals surface area contributed by atoms with Crippen molar-refractivity contribution in [2.45, 2.75) is 103 Å². The Hall–Kier alpha value is -0.0800. The Morgan fingerprint density at radius 3 is 2.05 bits per heavy atom. The standard InChI is InChI=1S/C18H36O2/c1-5-6-7-8-9-10-11-16(19)18(20-4)14-12-17(2,3)13-15-18/h16,19H,5-15H2,1-4H3. The van der Waals surface area contributed by atoms with Crippen molar-refractivity contribution < 1.29 is 9.84 Å². The maximum absolute atomic E-state index is 10.6. The number of aliphatic hydroxyl groups excluding tert-OH is 1. The summed E-state index contributed by atoms with van der Waals surface area (Å²) in [5, 5.41) is 10.6. The van der Waals surface area contributed by atoms with E-state index >= 15 is 0 Å². The second-order valence-electron chi connectivity index (χ2n) is 7.51. The van der Waals surface area contributed by atoms with Crippen molar-refractivity contribution in [3.05, 3.63) is 0 Å². The van der Waals surface area contributed by atoms with Gasteiger partial charge in [0.2, 0.25) is 0 Å². The minimum Gasteiger partial charge on any atom is -0.390 e. The van der Waals surface area contributed by atoms with Gasteiger partial charge in [-0.15, -0.1) is 0 Å². The van der Waals surface area contributed by atoms with Crippen molar-refractivity contribution in [2.24, 2.45) is 5.41 Å². The van der Waals surface area contributed by atoms with Gasteiger partial charge in [0.05, 0.1) is 11.7 Å². The molecule has 0 aromatic rings. The van der Waals surface area contributed by atoms with Crippen LogP contribution in [0.3, 0.4) is 0 Å². The number of hydrogen-bond donors (Lipinski definition) is 1. The maximum atomic E-state index is 10.6. The van der Waals surface area contributed by atoms with Gasteiger partial charge in [-0.25, -0.2) is 0 Å². The molecule has 0 spiro atoms. The first-order valence-electron chi connectivity index (χ1n) is 8.69. The largest absolute Gasteiger partial charge is 0.390 e. The number of ether oxygens (including phenoxy) is 1. The molecule has 1 aliphatic carbocycles. The third-order valence-electron chi connectivity index (χ3n) is 5.29. The lowest BCUT2D eigenvalue weighted by Crippen LogP contribution is -2.48. The van der Waals surface area contributed by atoms with Crippen LogP contribution >= 0.6 is 0 Å². The van der Waals surface area contributed by atoms with Crippen molar-refractivity contribution in [3.8, 4) is 0 Å². The fraction of sp³-hybridized carbons (Fsp3) is 1.00. The molecule has 2 heteroatoms. The van der Waals surface area contributed by atoms with Crippen molar-refractivity contribution in [1.82, 2.24) is 0 Å². The van der Waals surface area contributed by atoms with Gasteiger partial charge in [-0.3, -0.25) is 0 Å². The van der Waals surface area contributed by atoms with Crippen LogP contribution in [0.2, 0.25) is 0 Å². The Morgan fingerprint density at radius 2 is 1.50 bits per heavy atom. The summed E-state index contributed by atoms with van der Waals surface area (Å²) < 4.78 is 5.78. The van der Waals surface area contributed by atoms with E-state index in [-0.39, 0.29) is 11.7 Å². The van der Waals surface area contributed by atoms with E-state index in [2.05, 4.69) is 20.8 Å². The Bertz CT molecular complexity index is 250. The fourth-order valence-corrected chi connectivity index (χ4v) is 3.40. The first-order valence-corrected chi connectivity index (χ1v) is 8.69. The average molecular weight is 284 g/mol. The summed E-state index contributed by atoms with van der Waals surface area (Å²) in [5.41, 5.74) is 0.154. The molecule has 20 heavy (non-hydrogen) atoms. The summed E-state index contributed by atoms with van der Waals surface area (Å²) in [5.74, 6) is 0. The number of hydrogen-bond acceptors (Lipinski definition) is 2. The van der Waals surface area contributed by atoms with Gasteiger partial charge in [-0.05, 0) is 37.5 Å². The van der Waals surface area contributed by atoms with Crippen molar-refractivity contribution in [3.63, 3.8) is 0 Å². The molecule has 1 unspecified atom stereocenters. The summed E-state index contributed by atoms with van der Waals surface area (Å²) >= 11 is 0. The van der Waals surface area contributed by atoms with E-state index in [9.17, 15) is 5.11 Å². The smallest absolute Gasteiger partial charge is 0.0936 e. The Kier molecular flexibility index (Phi) is 7.53. The molecule has 1 atom stereocenters. The summed E-state index contributed by atoms with van der Waals surface area (Å²) in [4.78, 5) is 0. The Labute approximate surface area is 126 Å². The van der Waals surface area contributed by atoms with Crippen LogP contribution < -0.4 is 0 Å². The highest BCUT2D eigenvalue weighted by Gasteiger charge is 2.43. The number of unbranched alkanes of at least 4 members (excludes halogenated alkanes) is 5. The molecule has 0 aromatic heterocycles. The van der Waals surface area contributed by atoms with Crippen LogP contribution in [-0.4, -0.2) is 23.9 Å². The first kappa shape index (κ1) is 18.0. The molecule has 0 aromatic carbocycles. The average Bonchev–Trinajstić information content (AvgIpc) is 2.43. The number of methoxy groups -OCH3 is 1. The predicted octanol–water partition coefficient (Wildman–Crippen LogP) is 5.08. The highest BCUT2D eigenvalue weighted by atomic mass is 16.5. The maximum Gasteiger partial charge on any atom is 0.0936 e. The summed E-state index contributed by atoms with van der Waals surface area (Å²) in [6.07, 6.45) is 12.6. The number of rotatable bonds is 9. The molecule has 1 aliphatic rings. The zero-order chi connectivity index (χ0) is 15.1. The van der Waals surface area contributed by atoms with E-state index in [1.54, 1.807) is 7.11 Å². The topological polar surface area (TPSA) is 29.5 Å². The minimum absolute atomic E-state index is 0.265. The van der Waals surface area contributed by atoms with Gasteiger partial charge < -0.3 is 9.84 Å². The first-order chi connectivity index (χ1) is 9.46. The van der Waals surface area contributed by atoms with Gasteiger partial charge in [0, 0.05) is 7.11 Å². The monoisotopic (exact) mass is 284 g/mol.